The molecule has 0 aliphatic carbocycles. The first-order valence-electron chi connectivity index (χ1n) is 4.71. The van der Waals surface area contributed by atoms with Crippen LogP contribution < -0.4 is 10.6 Å². The van der Waals surface area contributed by atoms with Crippen molar-refractivity contribution in [3.05, 3.63) is 12.0 Å². The third kappa shape index (κ3) is 2.21. The molecule has 2 heterocycles. The van der Waals surface area contributed by atoms with Gasteiger partial charge in [0.2, 0.25) is 0 Å². The minimum atomic E-state index is 0.643. The summed E-state index contributed by atoms with van der Waals surface area (Å²) in [6.07, 6.45) is 2.97. The van der Waals surface area contributed by atoms with Crippen molar-refractivity contribution in [1.82, 2.24) is 10.3 Å². The summed E-state index contributed by atoms with van der Waals surface area (Å²) in [4.78, 5) is 4.08. The maximum Gasteiger partial charge on any atom is 0.294 e. The molecule has 0 amide bonds. The average Bonchev–Trinajstić information content (AvgIpc) is 2.71. The average molecular weight is 181 g/mol. The van der Waals surface area contributed by atoms with Crippen LogP contribution in [0.5, 0.6) is 0 Å². The summed E-state index contributed by atoms with van der Waals surface area (Å²) in [7, 11) is 0. The third-order valence-electron chi connectivity index (χ3n) is 2.33. The lowest BCUT2D eigenvalue weighted by molar-refractivity contribution is 0.527. The van der Waals surface area contributed by atoms with Gasteiger partial charge in [-0.05, 0) is 32.4 Å². The Balaban J connectivity index is 1.78. The number of hydrogen-bond donors (Lipinski definition) is 2. The van der Waals surface area contributed by atoms with Crippen LogP contribution in [0.25, 0.3) is 0 Å². The van der Waals surface area contributed by atoms with Gasteiger partial charge in [-0.3, -0.25) is 0 Å². The van der Waals surface area contributed by atoms with Gasteiger partial charge in [0.05, 0.1) is 6.20 Å². The van der Waals surface area contributed by atoms with Gasteiger partial charge in [-0.2, -0.15) is 0 Å². The van der Waals surface area contributed by atoms with E-state index in [-0.39, 0.29) is 0 Å². The van der Waals surface area contributed by atoms with Gasteiger partial charge in [0.1, 0.15) is 5.76 Å². The Morgan fingerprint density at radius 2 is 2.69 bits per heavy atom. The van der Waals surface area contributed by atoms with Crippen molar-refractivity contribution in [3.8, 4) is 0 Å². The number of nitrogens with one attached hydrogen (secondary N) is 2. The topological polar surface area (TPSA) is 50.1 Å². The largest absolute Gasteiger partial charge is 0.429 e. The molecule has 1 atom stereocenters. The maximum absolute atomic E-state index is 5.30. The quantitative estimate of drug-likeness (QED) is 0.730. The molecule has 1 saturated heterocycles. The van der Waals surface area contributed by atoms with Crippen LogP contribution in [-0.2, 0) is 0 Å². The van der Waals surface area contributed by atoms with Crippen LogP contribution in [0.3, 0.4) is 0 Å². The van der Waals surface area contributed by atoms with Crippen molar-refractivity contribution < 1.29 is 4.42 Å². The summed E-state index contributed by atoms with van der Waals surface area (Å²) in [5.74, 6) is 1.57. The fraction of sp³-hybridized carbons (Fsp3) is 0.667. The maximum atomic E-state index is 5.30. The zero-order valence-corrected chi connectivity index (χ0v) is 7.84. The van der Waals surface area contributed by atoms with Crippen molar-refractivity contribution >= 4 is 6.01 Å². The predicted molar refractivity (Wildman–Crippen MR) is 50.7 cm³/mol. The molecule has 2 rings (SSSR count). The summed E-state index contributed by atoms with van der Waals surface area (Å²) >= 11 is 0. The standard InChI is InChI=1S/C9H15N3O/c1-7-4-11-9(13-7)12-6-8-2-3-10-5-8/h4,8,10H,2-3,5-6H2,1H3,(H,11,12). The Morgan fingerprint density at radius 1 is 1.77 bits per heavy atom. The van der Waals surface area contributed by atoms with Crippen molar-refractivity contribution in [2.24, 2.45) is 5.92 Å². The minimum Gasteiger partial charge on any atom is -0.429 e. The van der Waals surface area contributed by atoms with Crippen LogP contribution in [0.1, 0.15) is 12.2 Å². The van der Waals surface area contributed by atoms with Gasteiger partial charge >= 0.3 is 0 Å². The van der Waals surface area contributed by atoms with E-state index in [0.29, 0.717) is 11.9 Å². The van der Waals surface area contributed by atoms with Gasteiger partial charge in [-0.1, -0.05) is 0 Å². The molecular formula is C9H15N3O. The molecule has 0 saturated carbocycles. The second-order valence-electron chi connectivity index (χ2n) is 3.52. The third-order valence-corrected chi connectivity index (χ3v) is 2.33. The SMILES string of the molecule is Cc1cnc(NCC2CCNC2)o1. The molecule has 0 bridgehead atoms. The smallest absolute Gasteiger partial charge is 0.294 e. The van der Waals surface area contributed by atoms with Gasteiger partial charge in [-0.25, -0.2) is 4.98 Å². The molecule has 1 aromatic heterocycles. The molecule has 4 nitrogen and oxygen atoms in total. The number of rotatable bonds is 3. The zero-order valence-electron chi connectivity index (χ0n) is 7.84. The van der Waals surface area contributed by atoms with Crippen molar-refractivity contribution in [1.29, 1.82) is 0 Å². The number of nitrogens with zero attached hydrogens (tertiary/aromatic N) is 1. The van der Waals surface area contributed by atoms with Gasteiger partial charge in [-0.15, -0.1) is 0 Å². The van der Waals surface area contributed by atoms with E-state index in [1.807, 2.05) is 6.92 Å². The molecular weight excluding hydrogens is 166 g/mol. The first-order chi connectivity index (χ1) is 6.34. The van der Waals surface area contributed by atoms with Crippen LogP contribution in [0, 0.1) is 12.8 Å². The molecule has 0 spiro atoms. The number of anilines is 1. The molecule has 0 aromatic carbocycles. The summed E-state index contributed by atoms with van der Waals surface area (Å²) in [5, 5.41) is 6.51. The molecule has 1 aliphatic rings. The first-order valence-corrected chi connectivity index (χ1v) is 4.71. The Morgan fingerprint density at radius 3 is 3.31 bits per heavy atom. The normalized spacial score (nSPS) is 22.1. The monoisotopic (exact) mass is 181 g/mol. The Hall–Kier alpha value is -1.03. The second-order valence-corrected chi connectivity index (χ2v) is 3.52. The van der Waals surface area contributed by atoms with Crippen LogP contribution in [0.4, 0.5) is 6.01 Å². The molecule has 72 valence electrons. The fourth-order valence-electron chi connectivity index (χ4n) is 1.56. The van der Waals surface area contributed by atoms with E-state index in [0.717, 1.165) is 25.4 Å². The Kier molecular flexibility index (Phi) is 2.49. The number of hydrogen-bond acceptors (Lipinski definition) is 4. The lowest BCUT2D eigenvalue weighted by Gasteiger charge is -2.07. The molecule has 1 fully saturated rings. The van der Waals surface area contributed by atoms with Crippen LogP contribution in [0.2, 0.25) is 0 Å². The van der Waals surface area contributed by atoms with Crippen LogP contribution >= 0.6 is 0 Å². The van der Waals surface area contributed by atoms with Gasteiger partial charge < -0.3 is 15.1 Å². The lowest BCUT2D eigenvalue weighted by atomic mass is 10.1. The van der Waals surface area contributed by atoms with Crippen LogP contribution in [-0.4, -0.2) is 24.6 Å². The molecule has 1 unspecified atom stereocenters. The van der Waals surface area contributed by atoms with Crippen LogP contribution in [0.15, 0.2) is 10.6 Å². The number of oxazole rings is 1. The molecule has 1 aromatic rings. The van der Waals surface area contributed by atoms with E-state index in [1.165, 1.54) is 6.42 Å². The predicted octanol–water partition coefficient (Wildman–Crippen LogP) is 1.00. The highest BCUT2D eigenvalue weighted by atomic mass is 16.4. The molecule has 2 N–H and O–H groups in total. The molecule has 0 radical (unpaired) electrons. The highest BCUT2D eigenvalue weighted by Crippen LogP contribution is 2.11. The van der Waals surface area contributed by atoms with E-state index in [2.05, 4.69) is 15.6 Å². The molecule has 1 aliphatic heterocycles. The van der Waals surface area contributed by atoms with Gasteiger partial charge in [0, 0.05) is 6.54 Å². The van der Waals surface area contributed by atoms with E-state index in [4.69, 9.17) is 4.42 Å². The van der Waals surface area contributed by atoms with Gasteiger partial charge in [0.25, 0.3) is 6.01 Å². The summed E-state index contributed by atoms with van der Waals surface area (Å²) in [6, 6.07) is 0.643. The second kappa shape index (κ2) is 3.79. The summed E-state index contributed by atoms with van der Waals surface area (Å²) < 4.78 is 5.30. The summed E-state index contributed by atoms with van der Waals surface area (Å²) in [6.45, 7) is 5.09. The molecule has 13 heavy (non-hydrogen) atoms. The lowest BCUT2D eigenvalue weighted by Crippen LogP contribution is -2.17. The van der Waals surface area contributed by atoms with E-state index < -0.39 is 0 Å². The summed E-state index contributed by atoms with van der Waals surface area (Å²) in [5.41, 5.74) is 0. The highest BCUT2D eigenvalue weighted by Gasteiger charge is 2.14. The highest BCUT2D eigenvalue weighted by molar-refractivity contribution is 5.19. The minimum absolute atomic E-state index is 0.643. The fourth-order valence-corrected chi connectivity index (χ4v) is 1.56. The van der Waals surface area contributed by atoms with Gasteiger partial charge in [0.15, 0.2) is 0 Å². The van der Waals surface area contributed by atoms with E-state index in [1.54, 1.807) is 6.20 Å². The number of aromatic nitrogens is 1. The molecule has 4 heteroatoms. The van der Waals surface area contributed by atoms with Crippen molar-refractivity contribution in [2.45, 2.75) is 13.3 Å². The number of aryl methyl sites for hydroxylation is 1. The van der Waals surface area contributed by atoms with Crippen molar-refractivity contribution in [3.63, 3.8) is 0 Å². The Bertz CT molecular complexity index is 266. The Labute approximate surface area is 77.7 Å². The van der Waals surface area contributed by atoms with E-state index in [9.17, 15) is 0 Å². The van der Waals surface area contributed by atoms with Crippen molar-refractivity contribution in [2.75, 3.05) is 25.0 Å². The van der Waals surface area contributed by atoms with E-state index >= 15 is 0 Å². The first kappa shape index (κ1) is 8.56. The zero-order chi connectivity index (χ0) is 9.10.